The van der Waals surface area contributed by atoms with Crippen LogP contribution in [-0.2, 0) is 4.74 Å². The quantitative estimate of drug-likeness (QED) is 0.757. The molecule has 0 saturated carbocycles. The summed E-state index contributed by atoms with van der Waals surface area (Å²) in [7, 11) is 1.66. The van der Waals surface area contributed by atoms with E-state index in [9.17, 15) is 4.79 Å². The molecule has 0 spiro atoms. The fourth-order valence-corrected chi connectivity index (χ4v) is 2.74. The number of aromatic nitrogens is 1. The lowest BCUT2D eigenvalue weighted by Crippen LogP contribution is -2.29. The molecule has 23 heavy (non-hydrogen) atoms. The van der Waals surface area contributed by atoms with Gasteiger partial charge in [0.1, 0.15) is 5.69 Å². The Hall–Kier alpha value is -2.59. The summed E-state index contributed by atoms with van der Waals surface area (Å²) in [4.78, 5) is 15.5. The highest BCUT2D eigenvalue weighted by Crippen LogP contribution is 2.20. The van der Waals surface area contributed by atoms with Crippen LogP contribution in [0.3, 0.4) is 0 Å². The maximum absolute atomic E-state index is 12.4. The first-order valence-corrected chi connectivity index (χ1v) is 7.63. The smallest absolute Gasteiger partial charge is 0.267 e. The van der Waals surface area contributed by atoms with Gasteiger partial charge in [0.05, 0.1) is 6.10 Å². The molecule has 0 radical (unpaired) electrons. The number of H-pyrrole nitrogens is 1. The van der Waals surface area contributed by atoms with Crippen molar-refractivity contribution in [1.82, 2.24) is 10.3 Å². The van der Waals surface area contributed by atoms with Gasteiger partial charge in [0.2, 0.25) is 0 Å². The first-order chi connectivity index (χ1) is 11.2. The van der Waals surface area contributed by atoms with Gasteiger partial charge in [-0.25, -0.2) is 0 Å². The Morgan fingerprint density at radius 1 is 1.17 bits per heavy atom. The Kier molecular flexibility index (Phi) is 4.44. The number of ether oxygens (including phenoxy) is 1. The fraction of sp³-hybridized carbons (Fsp3) is 0.211. The van der Waals surface area contributed by atoms with Crippen LogP contribution in [0.4, 0.5) is 0 Å². The molecule has 1 aromatic heterocycles. The Balaban J connectivity index is 1.71. The zero-order valence-corrected chi connectivity index (χ0v) is 13.3. The number of aromatic amines is 1. The second kappa shape index (κ2) is 6.67. The second-order valence-corrected chi connectivity index (χ2v) is 5.56. The van der Waals surface area contributed by atoms with Crippen molar-refractivity contribution in [3.63, 3.8) is 0 Å². The number of methoxy groups -OCH3 is 1. The third-order valence-electron chi connectivity index (χ3n) is 4.04. The Labute approximate surface area is 135 Å². The van der Waals surface area contributed by atoms with Crippen molar-refractivity contribution in [3.05, 3.63) is 71.4 Å². The summed E-state index contributed by atoms with van der Waals surface area (Å²) < 4.78 is 5.54. The summed E-state index contributed by atoms with van der Waals surface area (Å²) in [6.45, 7) is 2.47. The van der Waals surface area contributed by atoms with Crippen molar-refractivity contribution >= 4 is 16.8 Å². The number of amides is 1. The van der Waals surface area contributed by atoms with Gasteiger partial charge in [-0.1, -0.05) is 42.5 Å². The van der Waals surface area contributed by atoms with E-state index in [1.807, 2.05) is 61.5 Å². The van der Waals surface area contributed by atoms with E-state index in [0.29, 0.717) is 12.2 Å². The molecule has 2 N–H and O–H groups in total. The molecule has 0 bridgehead atoms. The Bertz CT molecular complexity index is 790. The number of benzene rings is 2. The highest BCUT2D eigenvalue weighted by Gasteiger charge is 2.15. The maximum Gasteiger partial charge on any atom is 0.267 e. The van der Waals surface area contributed by atoms with Crippen molar-refractivity contribution in [2.75, 3.05) is 13.7 Å². The molecule has 1 heterocycles. The molecule has 4 heteroatoms. The van der Waals surface area contributed by atoms with E-state index in [-0.39, 0.29) is 12.0 Å². The van der Waals surface area contributed by atoms with Crippen molar-refractivity contribution in [2.24, 2.45) is 0 Å². The Morgan fingerprint density at radius 3 is 2.65 bits per heavy atom. The molecule has 2 aromatic carbocycles. The van der Waals surface area contributed by atoms with Gasteiger partial charge in [-0.2, -0.15) is 0 Å². The van der Waals surface area contributed by atoms with Gasteiger partial charge in [0.25, 0.3) is 5.91 Å². The summed E-state index contributed by atoms with van der Waals surface area (Å²) in [6.07, 6.45) is -0.162. The molecule has 0 aliphatic heterocycles. The number of hydrogen-bond acceptors (Lipinski definition) is 2. The number of para-hydroxylation sites is 1. The molecular formula is C19H20N2O2. The van der Waals surface area contributed by atoms with Gasteiger partial charge >= 0.3 is 0 Å². The van der Waals surface area contributed by atoms with Gasteiger partial charge in [-0.3, -0.25) is 4.79 Å². The minimum atomic E-state index is -0.162. The van der Waals surface area contributed by atoms with E-state index >= 15 is 0 Å². The lowest BCUT2D eigenvalue weighted by atomic mass is 10.0. The van der Waals surface area contributed by atoms with E-state index in [0.717, 1.165) is 22.0 Å². The van der Waals surface area contributed by atoms with E-state index in [2.05, 4.69) is 10.3 Å². The second-order valence-electron chi connectivity index (χ2n) is 5.56. The van der Waals surface area contributed by atoms with Crippen LogP contribution >= 0.6 is 0 Å². The highest BCUT2D eigenvalue weighted by atomic mass is 16.5. The molecule has 1 amide bonds. The zero-order chi connectivity index (χ0) is 16.2. The predicted molar refractivity (Wildman–Crippen MR) is 91.6 cm³/mol. The van der Waals surface area contributed by atoms with E-state index in [1.54, 1.807) is 7.11 Å². The molecule has 0 saturated heterocycles. The standard InChI is InChI=1S/C19H20N2O2/c1-13-7-3-5-9-15(13)18(23-2)12-20-19(22)17-11-14-8-4-6-10-16(14)21-17/h3-11,18,21H,12H2,1-2H3,(H,20,22)/t18-/m0/s1. The molecule has 118 valence electrons. The first kappa shape index (κ1) is 15.3. The predicted octanol–water partition coefficient (Wildman–Crippen LogP) is 3.59. The molecular weight excluding hydrogens is 288 g/mol. The van der Waals surface area contributed by atoms with Crippen LogP contribution in [0.5, 0.6) is 0 Å². The highest BCUT2D eigenvalue weighted by molar-refractivity contribution is 5.97. The van der Waals surface area contributed by atoms with Crippen LogP contribution in [-0.4, -0.2) is 24.5 Å². The summed E-state index contributed by atoms with van der Waals surface area (Å²) in [6, 6.07) is 17.7. The van der Waals surface area contributed by atoms with Gasteiger partial charge in [0.15, 0.2) is 0 Å². The van der Waals surface area contributed by atoms with Crippen molar-refractivity contribution in [2.45, 2.75) is 13.0 Å². The lowest BCUT2D eigenvalue weighted by molar-refractivity contribution is 0.0823. The average Bonchev–Trinajstić information content (AvgIpc) is 3.01. The normalized spacial score (nSPS) is 12.3. The SMILES string of the molecule is CO[C@@H](CNC(=O)c1cc2ccccc2[nH]1)c1ccccc1C. The zero-order valence-electron chi connectivity index (χ0n) is 13.3. The van der Waals surface area contributed by atoms with Crippen molar-refractivity contribution in [3.8, 4) is 0 Å². The van der Waals surface area contributed by atoms with Crippen LogP contribution in [0, 0.1) is 6.92 Å². The van der Waals surface area contributed by atoms with Crippen molar-refractivity contribution in [1.29, 1.82) is 0 Å². The summed E-state index contributed by atoms with van der Waals surface area (Å²) in [5, 5.41) is 3.97. The lowest BCUT2D eigenvalue weighted by Gasteiger charge is -2.18. The minimum absolute atomic E-state index is 0.128. The van der Waals surface area contributed by atoms with E-state index in [4.69, 9.17) is 4.74 Å². The molecule has 4 nitrogen and oxygen atoms in total. The van der Waals surface area contributed by atoms with Gasteiger partial charge in [0, 0.05) is 24.6 Å². The summed E-state index contributed by atoms with van der Waals surface area (Å²) in [5.41, 5.74) is 3.76. The van der Waals surface area contributed by atoms with E-state index < -0.39 is 0 Å². The van der Waals surface area contributed by atoms with Crippen LogP contribution in [0.15, 0.2) is 54.6 Å². The maximum atomic E-state index is 12.4. The first-order valence-electron chi connectivity index (χ1n) is 7.63. The third kappa shape index (κ3) is 3.27. The monoisotopic (exact) mass is 308 g/mol. The minimum Gasteiger partial charge on any atom is -0.375 e. The largest absolute Gasteiger partial charge is 0.375 e. The van der Waals surface area contributed by atoms with Gasteiger partial charge < -0.3 is 15.0 Å². The van der Waals surface area contributed by atoms with Crippen molar-refractivity contribution < 1.29 is 9.53 Å². The number of nitrogens with one attached hydrogen (secondary N) is 2. The number of carbonyl (C=O) groups excluding carboxylic acids is 1. The molecule has 0 fully saturated rings. The average molecular weight is 308 g/mol. The number of rotatable bonds is 5. The molecule has 1 atom stereocenters. The summed E-state index contributed by atoms with van der Waals surface area (Å²) in [5.74, 6) is -0.128. The molecule has 3 rings (SSSR count). The molecule has 0 aliphatic carbocycles. The van der Waals surface area contributed by atoms with Gasteiger partial charge in [-0.05, 0) is 30.2 Å². The van der Waals surface area contributed by atoms with E-state index in [1.165, 1.54) is 0 Å². The molecule has 3 aromatic rings. The van der Waals surface area contributed by atoms with Crippen LogP contribution in [0.1, 0.15) is 27.7 Å². The number of hydrogen-bond donors (Lipinski definition) is 2. The molecule has 0 aliphatic rings. The number of fused-ring (bicyclic) bond motifs is 1. The van der Waals surface area contributed by atoms with Gasteiger partial charge in [-0.15, -0.1) is 0 Å². The van der Waals surface area contributed by atoms with Crippen LogP contribution < -0.4 is 5.32 Å². The number of carbonyl (C=O) groups is 1. The third-order valence-corrected chi connectivity index (χ3v) is 4.04. The Morgan fingerprint density at radius 2 is 1.91 bits per heavy atom. The fourth-order valence-electron chi connectivity index (χ4n) is 2.74. The van der Waals surface area contributed by atoms with Crippen LogP contribution in [0.2, 0.25) is 0 Å². The topological polar surface area (TPSA) is 54.1 Å². The van der Waals surface area contributed by atoms with Crippen LogP contribution in [0.25, 0.3) is 10.9 Å². The summed E-state index contributed by atoms with van der Waals surface area (Å²) >= 11 is 0. The number of aryl methyl sites for hydroxylation is 1. The molecule has 0 unspecified atom stereocenters.